The predicted molar refractivity (Wildman–Crippen MR) is 91.1 cm³/mol. The van der Waals surface area contributed by atoms with Crippen molar-refractivity contribution in [1.82, 2.24) is 19.8 Å². The Labute approximate surface area is 146 Å². The van der Waals surface area contributed by atoms with Gasteiger partial charge in [0.1, 0.15) is 11.4 Å². The number of benzene rings is 1. The number of methoxy groups -OCH3 is 1. The molecule has 0 radical (unpaired) electrons. The van der Waals surface area contributed by atoms with Crippen LogP contribution in [0.25, 0.3) is 0 Å². The quantitative estimate of drug-likeness (QED) is 0.847. The van der Waals surface area contributed by atoms with Gasteiger partial charge < -0.3 is 14.5 Å². The van der Waals surface area contributed by atoms with Crippen molar-refractivity contribution < 1.29 is 14.3 Å². The molecule has 3 rings (SSSR count). The van der Waals surface area contributed by atoms with Crippen LogP contribution in [0, 0.1) is 0 Å². The summed E-state index contributed by atoms with van der Waals surface area (Å²) < 4.78 is 5.20. The molecule has 2 heterocycles. The van der Waals surface area contributed by atoms with E-state index in [-0.39, 0.29) is 17.9 Å². The number of aromatic nitrogens is 2. The molecule has 130 valence electrons. The number of nitrogens with zero attached hydrogens (tertiary/aromatic N) is 4. The Morgan fingerprint density at radius 3 is 2.52 bits per heavy atom. The minimum Gasteiger partial charge on any atom is -0.497 e. The maximum Gasteiger partial charge on any atom is 0.274 e. The van der Waals surface area contributed by atoms with Crippen molar-refractivity contribution in [2.24, 2.45) is 0 Å². The SMILES string of the molecule is COc1ccc([C@H]2CN(C(C)=O)CCN2C(=O)c2cnccn2)cc1. The van der Waals surface area contributed by atoms with Crippen molar-refractivity contribution in [3.8, 4) is 5.75 Å². The molecule has 7 nitrogen and oxygen atoms in total. The Morgan fingerprint density at radius 1 is 1.16 bits per heavy atom. The highest BCUT2D eigenvalue weighted by Crippen LogP contribution is 2.28. The van der Waals surface area contributed by atoms with E-state index in [9.17, 15) is 9.59 Å². The standard InChI is InChI=1S/C18H20N4O3/c1-13(23)21-9-10-22(18(24)16-11-19-7-8-20-16)17(12-21)14-3-5-15(25-2)6-4-14/h3-8,11,17H,9-10,12H2,1-2H3/t17-/m1/s1. The fraction of sp³-hybridized carbons (Fsp3) is 0.333. The average molecular weight is 340 g/mol. The Balaban J connectivity index is 1.91. The second-order valence-corrected chi connectivity index (χ2v) is 5.84. The number of carbonyl (C=O) groups excluding carboxylic acids is 2. The van der Waals surface area contributed by atoms with Crippen LogP contribution in [0.2, 0.25) is 0 Å². The topological polar surface area (TPSA) is 75.6 Å². The summed E-state index contributed by atoms with van der Waals surface area (Å²) in [6, 6.07) is 7.31. The van der Waals surface area contributed by atoms with Gasteiger partial charge in [0.2, 0.25) is 5.91 Å². The first-order chi connectivity index (χ1) is 12.1. The smallest absolute Gasteiger partial charge is 0.274 e. The molecule has 1 aliphatic rings. The van der Waals surface area contributed by atoms with E-state index >= 15 is 0 Å². The Hall–Kier alpha value is -2.96. The molecule has 0 saturated carbocycles. The number of piperazine rings is 1. The molecule has 1 saturated heterocycles. The van der Waals surface area contributed by atoms with E-state index in [1.165, 1.54) is 18.6 Å². The highest BCUT2D eigenvalue weighted by Gasteiger charge is 2.33. The van der Waals surface area contributed by atoms with Crippen LogP contribution in [-0.4, -0.2) is 58.3 Å². The second-order valence-electron chi connectivity index (χ2n) is 5.84. The van der Waals surface area contributed by atoms with Gasteiger partial charge in [-0.3, -0.25) is 14.6 Å². The lowest BCUT2D eigenvalue weighted by Crippen LogP contribution is -2.52. The maximum atomic E-state index is 12.9. The first kappa shape index (κ1) is 16.9. The Morgan fingerprint density at radius 2 is 1.92 bits per heavy atom. The van der Waals surface area contributed by atoms with Crippen LogP contribution < -0.4 is 4.74 Å². The Bertz CT molecular complexity index is 749. The van der Waals surface area contributed by atoms with Crippen molar-refractivity contribution in [2.45, 2.75) is 13.0 Å². The van der Waals surface area contributed by atoms with Gasteiger partial charge in [0, 0.05) is 39.0 Å². The maximum absolute atomic E-state index is 12.9. The zero-order valence-electron chi connectivity index (χ0n) is 14.3. The molecular weight excluding hydrogens is 320 g/mol. The van der Waals surface area contributed by atoms with E-state index in [2.05, 4.69) is 9.97 Å². The minimum atomic E-state index is -0.238. The molecule has 2 amide bonds. The number of rotatable bonds is 3. The fourth-order valence-electron chi connectivity index (χ4n) is 2.98. The lowest BCUT2D eigenvalue weighted by Gasteiger charge is -2.41. The molecular formula is C18H20N4O3. The highest BCUT2D eigenvalue weighted by molar-refractivity contribution is 5.92. The molecule has 7 heteroatoms. The van der Waals surface area contributed by atoms with Gasteiger partial charge in [0.05, 0.1) is 19.3 Å². The van der Waals surface area contributed by atoms with Crippen LogP contribution in [0.4, 0.5) is 0 Å². The van der Waals surface area contributed by atoms with Gasteiger partial charge in [-0.15, -0.1) is 0 Å². The van der Waals surface area contributed by atoms with Gasteiger partial charge in [0.25, 0.3) is 5.91 Å². The van der Waals surface area contributed by atoms with Crippen molar-refractivity contribution in [3.05, 3.63) is 54.1 Å². The summed E-state index contributed by atoms with van der Waals surface area (Å²) in [6.07, 6.45) is 4.50. The number of amides is 2. The predicted octanol–water partition coefficient (Wildman–Crippen LogP) is 1.53. The summed E-state index contributed by atoms with van der Waals surface area (Å²) >= 11 is 0. The van der Waals surface area contributed by atoms with Gasteiger partial charge >= 0.3 is 0 Å². The summed E-state index contributed by atoms with van der Waals surface area (Å²) in [5.74, 6) is 0.567. The summed E-state index contributed by atoms with van der Waals surface area (Å²) in [5.41, 5.74) is 1.25. The van der Waals surface area contributed by atoms with Crippen molar-refractivity contribution in [3.63, 3.8) is 0 Å². The van der Waals surface area contributed by atoms with Gasteiger partial charge in [-0.2, -0.15) is 0 Å². The lowest BCUT2D eigenvalue weighted by molar-refractivity contribution is -0.131. The van der Waals surface area contributed by atoms with Crippen molar-refractivity contribution in [2.75, 3.05) is 26.7 Å². The molecule has 0 unspecified atom stereocenters. The molecule has 0 aliphatic carbocycles. The van der Waals surface area contributed by atoms with Crippen molar-refractivity contribution in [1.29, 1.82) is 0 Å². The zero-order valence-corrected chi connectivity index (χ0v) is 14.3. The normalized spacial score (nSPS) is 17.3. The van der Waals surface area contributed by atoms with Crippen LogP contribution in [0.1, 0.15) is 29.0 Å². The summed E-state index contributed by atoms with van der Waals surface area (Å²) in [6.45, 7) is 2.96. The van der Waals surface area contributed by atoms with Gasteiger partial charge in [0.15, 0.2) is 0 Å². The summed E-state index contributed by atoms with van der Waals surface area (Å²) in [7, 11) is 1.61. The largest absolute Gasteiger partial charge is 0.497 e. The molecule has 1 aromatic carbocycles. The van der Waals surface area contributed by atoms with Crippen LogP contribution in [0.3, 0.4) is 0 Å². The first-order valence-electron chi connectivity index (χ1n) is 8.06. The van der Waals surface area contributed by atoms with E-state index in [1.54, 1.807) is 23.8 Å². The second kappa shape index (κ2) is 7.29. The number of hydrogen-bond donors (Lipinski definition) is 0. The van der Waals surface area contributed by atoms with Crippen LogP contribution >= 0.6 is 0 Å². The lowest BCUT2D eigenvalue weighted by atomic mass is 10.0. The van der Waals surface area contributed by atoms with Gasteiger partial charge in [-0.25, -0.2) is 4.98 Å². The third-order valence-corrected chi connectivity index (χ3v) is 4.37. The number of carbonyl (C=O) groups is 2. The van der Waals surface area contributed by atoms with Gasteiger partial charge in [-0.1, -0.05) is 12.1 Å². The molecule has 1 aliphatic heterocycles. The zero-order chi connectivity index (χ0) is 17.8. The minimum absolute atomic E-state index is 0.00473. The van der Waals surface area contributed by atoms with E-state index in [0.29, 0.717) is 25.3 Å². The van der Waals surface area contributed by atoms with Crippen LogP contribution in [0.5, 0.6) is 5.75 Å². The fourth-order valence-corrected chi connectivity index (χ4v) is 2.98. The molecule has 25 heavy (non-hydrogen) atoms. The molecule has 0 spiro atoms. The Kier molecular flexibility index (Phi) is 4.92. The molecule has 1 fully saturated rings. The highest BCUT2D eigenvalue weighted by atomic mass is 16.5. The monoisotopic (exact) mass is 340 g/mol. The molecule has 1 aromatic heterocycles. The average Bonchev–Trinajstić information content (AvgIpc) is 2.67. The molecule has 1 atom stereocenters. The number of hydrogen-bond acceptors (Lipinski definition) is 5. The first-order valence-corrected chi connectivity index (χ1v) is 8.06. The van der Waals surface area contributed by atoms with E-state index in [4.69, 9.17) is 4.74 Å². The van der Waals surface area contributed by atoms with Gasteiger partial charge in [-0.05, 0) is 17.7 Å². The third-order valence-electron chi connectivity index (χ3n) is 4.37. The van der Waals surface area contributed by atoms with Crippen molar-refractivity contribution >= 4 is 11.8 Å². The summed E-state index contributed by atoms with van der Waals surface area (Å²) in [5, 5.41) is 0. The molecule has 0 N–H and O–H groups in total. The van der Waals surface area contributed by atoms with E-state index in [1.807, 2.05) is 24.3 Å². The molecule has 2 aromatic rings. The summed E-state index contributed by atoms with van der Waals surface area (Å²) in [4.78, 5) is 36.3. The van der Waals surface area contributed by atoms with E-state index < -0.39 is 0 Å². The number of ether oxygens (including phenoxy) is 1. The van der Waals surface area contributed by atoms with Crippen LogP contribution in [-0.2, 0) is 4.79 Å². The molecule has 0 bridgehead atoms. The van der Waals surface area contributed by atoms with Crippen LogP contribution in [0.15, 0.2) is 42.9 Å². The third kappa shape index (κ3) is 3.60. The van der Waals surface area contributed by atoms with E-state index in [0.717, 1.165) is 11.3 Å².